The minimum Gasteiger partial charge on any atom is -0.481 e. The van der Waals surface area contributed by atoms with Gasteiger partial charge in [0.15, 0.2) is 0 Å². The molecule has 4 heteroatoms. The summed E-state index contributed by atoms with van der Waals surface area (Å²) in [5.74, 6) is -0.716. The zero-order valence-electron chi connectivity index (χ0n) is 18.7. The number of aliphatic carboxylic acids is 1. The summed E-state index contributed by atoms with van der Waals surface area (Å²) in [6.45, 7) is 3.79. The Bertz CT molecular complexity index is 366. The predicted octanol–water partition coefficient (Wildman–Crippen LogP) is 7.43. The quantitative estimate of drug-likeness (QED) is 0.161. The van der Waals surface area contributed by atoms with Gasteiger partial charge in [0.25, 0.3) is 0 Å². The molecule has 0 aliphatic heterocycles. The zero-order chi connectivity index (χ0) is 20.9. The summed E-state index contributed by atoms with van der Waals surface area (Å²) >= 11 is 0. The topological polar surface area (TPSA) is 63.6 Å². The van der Waals surface area contributed by atoms with Gasteiger partial charge in [-0.05, 0) is 26.7 Å². The van der Waals surface area contributed by atoms with E-state index in [-0.39, 0.29) is 12.1 Å². The molecular weight excluding hydrogens is 352 g/mol. The number of rotatable bonds is 21. The Morgan fingerprint density at radius 3 is 1.14 bits per heavy atom. The molecule has 0 aromatic carbocycles. The Kier molecular flexibility index (Phi) is 19.9. The molecule has 0 spiro atoms. The standard InChI is InChI=1S/C24H46O4/c1-22(2)28-24(27)21-19-17-15-13-11-9-7-5-3-4-6-8-10-12-14-16-18-20-23(25)26/h22H,3-21H2,1-2H3,(H,25,26). The van der Waals surface area contributed by atoms with Gasteiger partial charge in [-0.3, -0.25) is 9.59 Å². The first kappa shape index (κ1) is 26.9. The van der Waals surface area contributed by atoms with Gasteiger partial charge in [-0.2, -0.15) is 0 Å². The van der Waals surface area contributed by atoms with Crippen molar-refractivity contribution in [2.45, 2.75) is 142 Å². The van der Waals surface area contributed by atoms with Crippen LogP contribution in [0.5, 0.6) is 0 Å². The third kappa shape index (κ3) is 23.0. The second-order valence-electron chi connectivity index (χ2n) is 8.44. The lowest BCUT2D eigenvalue weighted by Gasteiger charge is -2.07. The van der Waals surface area contributed by atoms with Crippen molar-refractivity contribution in [2.75, 3.05) is 0 Å². The second-order valence-corrected chi connectivity index (χ2v) is 8.44. The summed E-state index contributed by atoms with van der Waals surface area (Å²) in [6.07, 6.45) is 22.1. The fraction of sp³-hybridized carbons (Fsp3) is 0.917. The molecule has 0 aliphatic rings. The summed E-state index contributed by atoms with van der Waals surface area (Å²) in [5, 5.41) is 8.57. The van der Waals surface area contributed by atoms with Crippen LogP contribution in [0.3, 0.4) is 0 Å². The Balaban J connectivity index is 3.08. The van der Waals surface area contributed by atoms with Gasteiger partial charge >= 0.3 is 11.9 Å². The van der Waals surface area contributed by atoms with Crippen molar-refractivity contribution in [1.29, 1.82) is 0 Å². The number of carboxylic acids is 1. The summed E-state index contributed by atoms with van der Waals surface area (Å²) in [6, 6.07) is 0. The highest BCUT2D eigenvalue weighted by Crippen LogP contribution is 2.14. The van der Waals surface area contributed by atoms with Crippen LogP contribution in [-0.2, 0) is 14.3 Å². The first-order chi connectivity index (χ1) is 13.5. The van der Waals surface area contributed by atoms with Crippen molar-refractivity contribution < 1.29 is 19.4 Å². The van der Waals surface area contributed by atoms with Gasteiger partial charge in [0, 0.05) is 12.8 Å². The highest BCUT2D eigenvalue weighted by Gasteiger charge is 2.04. The van der Waals surface area contributed by atoms with Crippen LogP contribution in [0.15, 0.2) is 0 Å². The van der Waals surface area contributed by atoms with E-state index >= 15 is 0 Å². The molecule has 28 heavy (non-hydrogen) atoms. The molecule has 0 aromatic heterocycles. The normalized spacial score (nSPS) is 11.1. The minimum atomic E-state index is -0.666. The molecule has 0 amide bonds. The van der Waals surface area contributed by atoms with E-state index in [0.29, 0.717) is 12.8 Å². The van der Waals surface area contributed by atoms with Crippen LogP contribution in [0, 0.1) is 0 Å². The first-order valence-corrected chi connectivity index (χ1v) is 11.9. The highest BCUT2D eigenvalue weighted by atomic mass is 16.5. The molecule has 0 aromatic rings. The molecule has 0 fully saturated rings. The van der Waals surface area contributed by atoms with Crippen LogP contribution in [0.4, 0.5) is 0 Å². The van der Waals surface area contributed by atoms with E-state index in [9.17, 15) is 9.59 Å². The lowest BCUT2D eigenvalue weighted by atomic mass is 10.0. The molecule has 0 saturated carbocycles. The summed E-state index contributed by atoms with van der Waals surface area (Å²) in [5.41, 5.74) is 0. The van der Waals surface area contributed by atoms with Gasteiger partial charge < -0.3 is 9.84 Å². The fourth-order valence-electron chi connectivity index (χ4n) is 3.52. The molecule has 1 N–H and O–H groups in total. The number of esters is 1. The maximum Gasteiger partial charge on any atom is 0.306 e. The molecule has 4 nitrogen and oxygen atoms in total. The van der Waals surface area contributed by atoms with Crippen LogP contribution >= 0.6 is 0 Å². The van der Waals surface area contributed by atoms with Crippen molar-refractivity contribution in [1.82, 2.24) is 0 Å². The van der Waals surface area contributed by atoms with E-state index < -0.39 is 5.97 Å². The van der Waals surface area contributed by atoms with Crippen LogP contribution in [-0.4, -0.2) is 23.1 Å². The fourth-order valence-corrected chi connectivity index (χ4v) is 3.52. The van der Waals surface area contributed by atoms with Gasteiger partial charge in [0.05, 0.1) is 6.10 Å². The largest absolute Gasteiger partial charge is 0.481 e. The van der Waals surface area contributed by atoms with Crippen LogP contribution in [0.1, 0.15) is 136 Å². The molecule has 0 saturated heterocycles. The van der Waals surface area contributed by atoms with E-state index in [2.05, 4.69) is 0 Å². The Labute approximate surface area is 173 Å². The van der Waals surface area contributed by atoms with E-state index in [0.717, 1.165) is 25.7 Å². The number of carbonyl (C=O) groups is 2. The third-order valence-electron chi connectivity index (χ3n) is 5.14. The molecule has 0 atom stereocenters. The van der Waals surface area contributed by atoms with Crippen molar-refractivity contribution in [3.05, 3.63) is 0 Å². The summed E-state index contributed by atoms with van der Waals surface area (Å²) in [4.78, 5) is 21.8. The Morgan fingerprint density at radius 1 is 0.571 bits per heavy atom. The molecule has 0 heterocycles. The van der Waals surface area contributed by atoms with Crippen molar-refractivity contribution in [2.24, 2.45) is 0 Å². The van der Waals surface area contributed by atoms with Crippen LogP contribution in [0.25, 0.3) is 0 Å². The van der Waals surface area contributed by atoms with Crippen molar-refractivity contribution >= 4 is 11.9 Å². The number of carboxylic acid groups (broad SMARTS) is 1. The average molecular weight is 399 g/mol. The SMILES string of the molecule is CC(C)OC(=O)CCCCCCCCCCCCCCCCCCCC(=O)O. The van der Waals surface area contributed by atoms with Crippen molar-refractivity contribution in [3.8, 4) is 0 Å². The molecule has 0 rings (SSSR count). The van der Waals surface area contributed by atoms with Crippen LogP contribution < -0.4 is 0 Å². The lowest BCUT2D eigenvalue weighted by Crippen LogP contribution is -2.10. The van der Waals surface area contributed by atoms with E-state index in [4.69, 9.17) is 9.84 Å². The maximum absolute atomic E-state index is 11.4. The minimum absolute atomic E-state index is 0.00866. The lowest BCUT2D eigenvalue weighted by molar-refractivity contribution is -0.147. The highest BCUT2D eigenvalue weighted by molar-refractivity contribution is 5.69. The number of unbranched alkanes of at least 4 members (excludes halogenated alkanes) is 16. The molecule has 0 aliphatic carbocycles. The van der Waals surface area contributed by atoms with Gasteiger partial charge in [-0.25, -0.2) is 0 Å². The Hall–Kier alpha value is -1.06. The van der Waals surface area contributed by atoms with Gasteiger partial charge in [-0.15, -0.1) is 0 Å². The monoisotopic (exact) mass is 398 g/mol. The molecule has 0 unspecified atom stereocenters. The molecule has 166 valence electrons. The zero-order valence-corrected chi connectivity index (χ0v) is 18.7. The van der Waals surface area contributed by atoms with E-state index in [1.54, 1.807) is 0 Å². The van der Waals surface area contributed by atoms with E-state index in [1.807, 2.05) is 13.8 Å². The number of hydrogen-bond acceptors (Lipinski definition) is 3. The average Bonchev–Trinajstić information content (AvgIpc) is 2.62. The summed E-state index contributed by atoms with van der Waals surface area (Å²) in [7, 11) is 0. The molecule has 0 bridgehead atoms. The number of hydrogen-bond donors (Lipinski definition) is 1. The summed E-state index contributed by atoms with van der Waals surface area (Å²) < 4.78 is 5.13. The molecule has 0 radical (unpaired) electrons. The third-order valence-corrected chi connectivity index (χ3v) is 5.14. The van der Waals surface area contributed by atoms with E-state index in [1.165, 1.54) is 83.5 Å². The van der Waals surface area contributed by atoms with Gasteiger partial charge in [0.2, 0.25) is 0 Å². The van der Waals surface area contributed by atoms with Crippen molar-refractivity contribution in [3.63, 3.8) is 0 Å². The predicted molar refractivity (Wildman–Crippen MR) is 117 cm³/mol. The first-order valence-electron chi connectivity index (χ1n) is 11.9. The van der Waals surface area contributed by atoms with Crippen LogP contribution in [0.2, 0.25) is 0 Å². The number of ether oxygens (including phenoxy) is 1. The molecular formula is C24H46O4. The van der Waals surface area contributed by atoms with Gasteiger partial charge in [-0.1, -0.05) is 96.3 Å². The maximum atomic E-state index is 11.4. The Morgan fingerprint density at radius 2 is 0.857 bits per heavy atom. The number of carbonyl (C=O) groups excluding carboxylic acids is 1. The van der Waals surface area contributed by atoms with Gasteiger partial charge in [0.1, 0.15) is 0 Å². The second kappa shape index (κ2) is 20.7. The smallest absolute Gasteiger partial charge is 0.306 e.